The Morgan fingerprint density at radius 1 is 1.00 bits per heavy atom. The fourth-order valence-corrected chi connectivity index (χ4v) is 5.42. The number of hydrogen-bond acceptors (Lipinski definition) is 7. The Hall–Kier alpha value is -1.93. The molecule has 3 heterocycles. The molecule has 1 aromatic carbocycles. The lowest BCUT2D eigenvalue weighted by Gasteiger charge is -2.41. The summed E-state index contributed by atoms with van der Waals surface area (Å²) >= 11 is 0. The predicted octanol–water partition coefficient (Wildman–Crippen LogP) is 4.76. The van der Waals surface area contributed by atoms with Crippen molar-refractivity contribution in [2.45, 2.75) is 100 Å². The van der Waals surface area contributed by atoms with Crippen LogP contribution in [-0.4, -0.2) is 53.4 Å². The van der Waals surface area contributed by atoms with Gasteiger partial charge in [-0.3, -0.25) is 0 Å². The first kappa shape index (κ1) is 28.1. The Bertz CT molecular complexity index is 916. The summed E-state index contributed by atoms with van der Waals surface area (Å²) in [5.74, 6) is -1.78. The number of alkyl halides is 6. The molecule has 3 aliphatic rings. The summed E-state index contributed by atoms with van der Waals surface area (Å²) in [7, 11) is 0. The molecule has 13 heteroatoms. The van der Waals surface area contributed by atoms with Gasteiger partial charge in [0.25, 0.3) is 0 Å². The quantitative estimate of drug-likeness (QED) is 0.252. The van der Waals surface area contributed by atoms with E-state index in [0.717, 1.165) is 0 Å². The molecule has 3 saturated heterocycles. The van der Waals surface area contributed by atoms with E-state index in [1.54, 1.807) is 30.3 Å². The third kappa shape index (κ3) is 6.22. The molecule has 0 spiro atoms. The van der Waals surface area contributed by atoms with Gasteiger partial charge in [-0.2, -0.15) is 26.3 Å². The van der Waals surface area contributed by atoms with Crippen LogP contribution >= 0.6 is 0 Å². The standard InChI is InChI=1S/C24H32F6N4O3/c25-23(26,27)16-11-12-18-20-32-33-21(37-20)22(24(28,29)30,36-14-15-8-4-3-5-9-15)13-7-2-1-6-10-17(34-35)19(16)31-18/h3-5,8-9,16,18-21,31-33,35H,1-2,6-7,10-14H2/t16?,18?,19?,20?,21?,22-/m1/s1. The number of nitrogens with zero attached hydrogens (tertiary/aromatic N) is 1. The minimum Gasteiger partial charge on any atom is -0.411 e. The number of ether oxygens (including phenoxy) is 2. The van der Waals surface area contributed by atoms with E-state index in [2.05, 4.69) is 21.3 Å². The lowest BCUT2D eigenvalue weighted by Crippen LogP contribution is -2.61. The highest BCUT2D eigenvalue weighted by Gasteiger charge is 2.63. The first-order chi connectivity index (χ1) is 17.5. The van der Waals surface area contributed by atoms with Gasteiger partial charge < -0.3 is 20.0 Å². The summed E-state index contributed by atoms with van der Waals surface area (Å²) in [6.45, 7) is -0.292. The van der Waals surface area contributed by atoms with Crippen LogP contribution in [0, 0.1) is 5.92 Å². The third-order valence-corrected chi connectivity index (χ3v) is 7.47. The molecule has 0 amide bonds. The maximum absolute atomic E-state index is 14.7. The van der Waals surface area contributed by atoms with Crippen molar-refractivity contribution in [3.63, 3.8) is 0 Å². The molecule has 6 atom stereocenters. The molecule has 5 unspecified atom stereocenters. The Morgan fingerprint density at radius 2 is 1.73 bits per heavy atom. The topological polar surface area (TPSA) is 87.1 Å². The monoisotopic (exact) mass is 538 g/mol. The Morgan fingerprint density at radius 3 is 2.41 bits per heavy atom. The SMILES string of the molecule is ON=C1CCCCCC[C@](OCc2ccccc2)(C(F)(F)F)C2NNC(O2)C2CCC(C(F)(F)F)C1N2. The summed E-state index contributed by atoms with van der Waals surface area (Å²) in [6.07, 6.45) is -11.2. The number of piperidine rings is 1. The Labute approximate surface area is 210 Å². The zero-order valence-corrected chi connectivity index (χ0v) is 20.1. The Kier molecular flexibility index (Phi) is 8.68. The van der Waals surface area contributed by atoms with Crippen molar-refractivity contribution in [3.8, 4) is 0 Å². The van der Waals surface area contributed by atoms with Crippen molar-refractivity contribution in [1.29, 1.82) is 0 Å². The molecular formula is C24H32F6N4O3. The summed E-state index contributed by atoms with van der Waals surface area (Å²) in [4.78, 5) is 0. The van der Waals surface area contributed by atoms with Gasteiger partial charge >= 0.3 is 12.4 Å². The fraction of sp³-hybridized carbons (Fsp3) is 0.708. The van der Waals surface area contributed by atoms with Gasteiger partial charge in [0, 0.05) is 6.04 Å². The highest BCUT2D eigenvalue weighted by atomic mass is 19.4. The number of fused-ring (bicyclic) bond motifs is 5. The van der Waals surface area contributed by atoms with Gasteiger partial charge in [0.05, 0.1) is 24.3 Å². The fourth-order valence-electron chi connectivity index (χ4n) is 5.42. The minimum atomic E-state index is -4.80. The van der Waals surface area contributed by atoms with Crippen LogP contribution in [0.25, 0.3) is 0 Å². The average molecular weight is 539 g/mol. The molecule has 0 saturated carbocycles. The first-order valence-corrected chi connectivity index (χ1v) is 12.5. The second kappa shape index (κ2) is 11.4. The second-order valence-corrected chi connectivity index (χ2v) is 9.87. The van der Waals surface area contributed by atoms with Gasteiger partial charge in [-0.25, -0.2) is 10.9 Å². The smallest absolute Gasteiger partial charge is 0.411 e. The zero-order chi connectivity index (χ0) is 26.7. The lowest BCUT2D eigenvalue weighted by molar-refractivity contribution is -0.320. The average Bonchev–Trinajstić information content (AvgIpc) is 3.34. The molecule has 7 nitrogen and oxygen atoms in total. The summed E-state index contributed by atoms with van der Waals surface area (Å²) in [5.41, 5.74) is 3.14. The van der Waals surface area contributed by atoms with Gasteiger partial charge in [0.15, 0.2) is 6.23 Å². The van der Waals surface area contributed by atoms with E-state index < -0.39 is 48.4 Å². The van der Waals surface area contributed by atoms with Crippen LogP contribution < -0.4 is 16.2 Å². The van der Waals surface area contributed by atoms with Crippen LogP contribution in [0.5, 0.6) is 0 Å². The van der Waals surface area contributed by atoms with Gasteiger partial charge in [0.1, 0.15) is 6.23 Å². The van der Waals surface area contributed by atoms with E-state index in [4.69, 9.17) is 9.47 Å². The van der Waals surface area contributed by atoms with Crippen molar-refractivity contribution < 1.29 is 41.0 Å². The maximum Gasteiger partial charge on any atom is 0.421 e. The Balaban J connectivity index is 1.61. The first-order valence-electron chi connectivity index (χ1n) is 12.5. The van der Waals surface area contributed by atoms with Crippen molar-refractivity contribution in [2.75, 3.05) is 0 Å². The van der Waals surface area contributed by atoms with Crippen LogP contribution in [-0.2, 0) is 16.1 Å². The van der Waals surface area contributed by atoms with Gasteiger partial charge in [-0.15, -0.1) is 0 Å². The molecular weight excluding hydrogens is 506 g/mol. The minimum absolute atomic E-state index is 0.00462. The molecule has 0 aliphatic carbocycles. The van der Waals surface area contributed by atoms with Crippen molar-refractivity contribution in [3.05, 3.63) is 35.9 Å². The number of rotatable bonds is 3. The van der Waals surface area contributed by atoms with Crippen molar-refractivity contribution in [2.24, 2.45) is 11.1 Å². The van der Waals surface area contributed by atoms with E-state index >= 15 is 0 Å². The molecule has 0 radical (unpaired) electrons. The van der Waals surface area contributed by atoms with E-state index in [0.29, 0.717) is 24.8 Å². The molecule has 3 fully saturated rings. The highest BCUT2D eigenvalue weighted by Crippen LogP contribution is 2.44. The van der Waals surface area contributed by atoms with E-state index in [1.807, 2.05) is 0 Å². The van der Waals surface area contributed by atoms with Crippen LogP contribution in [0.3, 0.4) is 0 Å². The van der Waals surface area contributed by atoms with Crippen LogP contribution in [0.1, 0.15) is 56.9 Å². The molecule has 4 bridgehead atoms. The largest absolute Gasteiger partial charge is 0.421 e. The molecule has 208 valence electrons. The van der Waals surface area contributed by atoms with Crippen LogP contribution in [0.2, 0.25) is 0 Å². The molecule has 4 rings (SSSR count). The number of oxime groups is 1. The van der Waals surface area contributed by atoms with E-state index in [-0.39, 0.29) is 44.4 Å². The number of hydrogen-bond donors (Lipinski definition) is 4. The van der Waals surface area contributed by atoms with Gasteiger partial charge in [-0.05, 0) is 37.7 Å². The van der Waals surface area contributed by atoms with E-state index in [1.165, 1.54) is 0 Å². The van der Waals surface area contributed by atoms with Crippen molar-refractivity contribution >= 4 is 5.71 Å². The normalized spacial score (nSPS) is 35.3. The lowest BCUT2D eigenvalue weighted by atomic mass is 9.82. The molecule has 4 N–H and O–H groups in total. The van der Waals surface area contributed by atoms with Crippen LogP contribution in [0.4, 0.5) is 26.3 Å². The summed E-state index contributed by atoms with van der Waals surface area (Å²) in [5, 5.41) is 15.6. The second-order valence-electron chi connectivity index (χ2n) is 9.87. The molecule has 3 aliphatic heterocycles. The number of nitrogens with one attached hydrogen (secondary N) is 3. The molecule has 0 aromatic heterocycles. The van der Waals surface area contributed by atoms with Gasteiger partial charge in [-0.1, -0.05) is 54.8 Å². The van der Waals surface area contributed by atoms with Crippen molar-refractivity contribution in [1.82, 2.24) is 16.2 Å². The van der Waals surface area contributed by atoms with Crippen LogP contribution in [0.15, 0.2) is 35.5 Å². The van der Waals surface area contributed by atoms with Gasteiger partial charge in [0.2, 0.25) is 5.60 Å². The number of hydrazine groups is 1. The highest BCUT2D eigenvalue weighted by molar-refractivity contribution is 5.89. The molecule has 37 heavy (non-hydrogen) atoms. The maximum atomic E-state index is 14.7. The number of benzene rings is 1. The molecule has 1 aromatic rings. The third-order valence-electron chi connectivity index (χ3n) is 7.47. The summed E-state index contributed by atoms with van der Waals surface area (Å²) < 4.78 is 96.9. The predicted molar refractivity (Wildman–Crippen MR) is 121 cm³/mol. The summed E-state index contributed by atoms with van der Waals surface area (Å²) in [6, 6.07) is 6.43. The van der Waals surface area contributed by atoms with E-state index in [9.17, 15) is 31.5 Å². The zero-order valence-electron chi connectivity index (χ0n) is 20.1. The number of halogens is 6.